The summed E-state index contributed by atoms with van der Waals surface area (Å²) >= 11 is 0. The van der Waals surface area contributed by atoms with E-state index in [0.717, 1.165) is 11.6 Å². The lowest BCUT2D eigenvalue weighted by molar-refractivity contribution is 0.0668. The quantitative estimate of drug-likeness (QED) is 0.876. The summed E-state index contributed by atoms with van der Waals surface area (Å²) in [6, 6.07) is 6.36. The molecular formula is C17H15FN2O4. The number of amides is 1. The minimum absolute atomic E-state index is 0.0530. The fraction of sp³-hybridized carbons (Fsp3) is 0.294. The van der Waals surface area contributed by atoms with Crippen molar-refractivity contribution >= 4 is 5.91 Å². The van der Waals surface area contributed by atoms with E-state index in [1.165, 1.54) is 16.7 Å². The van der Waals surface area contributed by atoms with Crippen LogP contribution in [-0.2, 0) is 6.54 Å². The third kappa shape index (κ3) is 1.94. The molecule has 7 heteroatoms. The number of rotatable bonds is 2. The van der Waals surface area contributed by atoms with Crippen molar-refractivity contribution in [3.8, 4) is 11.5 Å². The Kier molecular flexibility index (Phi) is 2.97. The van der Waals surface area contributed by atoms with E-state index in [9.17, 15) is 24.2 Å². The van der Waals surface area contributed by atoms with Crippen LogP contribution in [0.2, 0.25) is 0 Å². The summed E-state index contributed by atoms with van der Waals surface area (Å²) in [4.78, 5) is 26.5. The van der Waals surface area contributed by atoms with Crippen molar-refractivity contribution in [1.29, 1.82) is 0 Å². The molecule has 1 saturated carbocycles. The van der Waals surface area contributed by atoms with E-state index in [2.05, 4.69) is 0 Å². The van der Waals surface area contributed by atoms with Crippen LogP contribution < -0.4 is 5.56 Å². The lowest BCUT2D eigenvalue weighted by atomic mass is 10.1. The highest BCUT2D eigenvalue weighted by Crippen LogP contribution is 2.52. The number of hydrogen-bond acceptors (Lipinski definition) is 4. The van der Waals surface area contributed by atoms with Gasteiger partial charge in [-0.15, -0.1) is 0 Å². The van der Waals surface area contributed by atoms with Crippen LogP contribution in [0, 0.1) is 11.7 Å². The molecule has 0 radical (unpaired) electrons. The van der Waals surface area contributed by atoms with E-state index in [-0.39, 0.29) is 36.1 Å². The van der Waals surface area contributed by atoms with Crippen LogP contribution >= 0.6 is 0 Å². The molecule has 2 unspecified atom stereocenters. The summed E-state index contributed by atoms with van der Waals surface area (Å²) < 4.78 is 14.3. The molecule has 1 aromatic heterocycles. The second kappa shape index (κ2) is 4.83. The van der Waals surface area contributed by atoms with Crippen LogP contribution in [0.4, 0.5) is 4.39 Å². The molecule has 3 atom stereocenters. The number of hydrogen-bond donors (Lipinski definition) is 2. The van der Waals surface area contributed by atoms with Crippen molar-refractivity contribution in [2.75, 3.05) is 0 Å². The minimum atomic E-state index is -0.604. The van der Waals surface area contributed by atoms with Gasteiger partial charge in [0.15, 0.2) is 17.2 Å². The smallest absolute Gasteiger partial charge is 0.275 e. The van der Waals surface area contributed by atoms with Crippen LogP contribution in [0.15, 0.2) is 35.1 Å². The molecule has 2 aromatic rings. The molecule has 2 N–H and O–H groups in total. The highest BCUT2D eigenvalue weighted by molar-refractivity contribution is 5.97. The third-order valence-corrected chi connectivity index (χ3v) is 4.88. The van der Waals surface area contributed by atoms with Gasteiger partial charge in [-0.2, -0.15) is 0 Å². The third-order valence-electron chi connectivity index (χ3n) is 4.88. The zero-order valence-electron chi connectivity index (χ0n) is 12.8. The zero-order valence-corrected chi connectivity index (χ0v) is 12.8. The fourth-order valence-corrected chi connectivity index (χ4v) is 3.61. The maximum Gasteiger partial charge on any atom is 0.275 e. The second-order valence-electron chi connectivity index (χ2n) is 6.33. The summed E-state index contributed by atoms with van der Waals surface area (Å²) in [7, 11) is 0. The Bertz CT molecular complexity index is 906. The van der Waals surface area contributed by atoms with Gasteiger partial charge in [0.05, 0.1) is 12.1 Å². The molecule has 1 amide bonds. The van der Waals surface area contributed by atoms with E-state index in [1.54, 1.807) is 17.0 Å². The number of halogens is 1. The van der Waals surface area contributed by atoms with E-state index in [0.29, 0.717) is 0 Å². The average Bonchev–Trinajstić information content (AvgIpc) is 3.20. The first-order valence-electron chi connectivity index (χ1n) is 7.63. The van der Waals surface area contributed by atoms with Crippen molar-refractivity contribution in [3.05, 3.63) is 57.8 Å². The molecule has 0 saturated heterocycles. The molecule has 2 aliphatic rings. The fourth-order valence-electron chi connectivity index (χ4n) is 3.61. The van der Waals surface area contributed by atoms with Crippen molar-refractivity contribution < 1.29 is 19.4 Å². The number of carbonyl (C=O) groups is 1. The Morgan fingerprint density at radius 1 is 1.12 bits per heavy atom. The molecule has 124 valence electrons. The Morgan fingerprint density at radius 2 is 1.79 bits per heavy atom. The van der Waals surface area contributed by atoms with Crippen LogP contribution in [0.25, 0.3) is 0 Å². The number of benzene rings is 1. The van der Waals surface area contributed by atoms with Crippen LogP contribution in [0.3, 0.4) is 0 Å². The molecule has 1 aromatic carbocycles. The molecule has 24 heavy (non-hydrogen) atoms. The van der Waals surface area contributed by atoms with Gasteiger partial charge in [0.2, 0.25) is 0 Å². The predicted molar refractivity (Wildman–Crippen MR) is 82.3 cm³/mol. The monoisotopic (exact) mass is 330 g/mol. The van der Waals surface area contributed by atoms with Gasteiger partial charge in [-0.05, 0) is 17.7 Å². The zero-order chi connectivity index (χ0) is 17.2. The Morgan fingerprint density at radius 3 is 2.46 bits per heavy atom. The van der Waals surface area contributed by atoms with Gasteiger partial charge in [-0.25, -0.2) is 4.39 Å². The first kappa shape index (κ1) is 14.7. The number of aromatic nitrogens is 1. The largest absolute Gasteiger partial charge is 0.504 e. The maximum atomic E-state index is 13.0. The SMILES string of the molecule is CC1C2[C@H]1n1c(c(O)c(O)cc1=O)C(=O)N2Cc1ccc(F)cc1. The van der Waals surface area contributed by atoms with Crippen molar-refractivity contribution in [1.82, 2.24) is 9.47 Å². The second-order valence-corrected chi connectivity index (χ2v) is 6.33. The number of pyridine rings is 1. The maximum absolute atomic E-state index is 13.0. The Labute approximate surface area is 136 Å². The standard InChI is InChI=1S/C17H15FN2O4/c1-8-13-14(8)20-12(22)6-11(21)16(23)15(20)17(24)19(13)7-9-2-4-10(18)5-3-9/h2-6,8,13-14,21,23H,7H2,1H3/t8?,13?,14-/m0/s1. The summed E-state index contributed by atoms with van der Waals surface area (Å²) in [6.07, 6.45) is 0. The Balaban J connectivity index is 1.79. The van der Waals surface area contributed by atoms with Crippen LogP contribution in [0.1, 0.15) is 29.0 Å². The average molecular weight is 330 g/mol. The summed E-state index contributed by atoms with van der Waals surface area (Å²) in [5, 5.41) is 19.7. The molecule has 1 aliphatic heterocycles. The first-order valence-corrected chi connectivity index (χ1v) is 7.63. The number of fused-ring (bicyclic) bond motifs is 3. The van der Waals surface area contributed by atoms with Crippen molar-refractivity contribution in [2.24, 2.45) is 5.92 Å². The highest BCUT2D eigenvalue weighted by Gasteiger charge is 2.58. The molecule has 1 fully saturated rings. The molecule has 0 bridgehead atoms. The van der Waals surface area contributed by atoms with Gasteiger partial charge in [0, 0.05) is 18.5 Å². The Hall–Kier alpha value is -2.83. The minimum Gasteiger partial charge on any atom is -0.504 e. The summed E-state index contributed by atoms with van der Waals surface area (Å²) in [5.41, 5.74) is 0.0557. The van der Waals surface area contributed by atoms with E-state index < -0.39 is 23.0 Å². The van der Waals surface area contributed by atoms with Crippen molar-refractivity contribution in [2.45, 2.75) is 25.6 Å². The molecular weight excluding hydrogens is 315 g/mol. The molecule has 0 spiro atoms. The van der Waals surface area contributed by atoms with Gasteiger partial charge in [-0.3, -0.25) is 14.2 Å². The molecule has 2 heterocycles. The summed E-state index contributed by atoms with van der Waals surface area (Å²) in [6.45, 7) is 2.17. The molecule has 1 aliphatic carbocycles. The van der Waals surface area contributed by atoms with Gasteiger partial charge in [0.1, 0.15) is 5.82 Å². The predicted octanol–water partition coefficient (Wildman–Crippen LogP) is 1.61. The summed E-state index contributed by atoms with van der Waals surface area (Å²) in [5.74, 6) is -2.01. The van der Waals surface area contributed by atoms with E-state index in [1.807, 2.05) is 6.92 Å². The van der Waals surface area contributed by atoms with Crippen LogP contribution in [0.5, 0.6) is 11.5 Å². The van der Waals surface area contributed by atoms with Gasteiger partial charge >= 0.3 is 0 Å². The number of nitrogens with zero attached hydrogens (tertiary/aromatic N) is 2. The topological polar surface area (TPSA) is 82.8 Å². The highest BCUT2D eigenvalue weighted by atomic mass is 19.1. The van der Waals surface area contributed by atoms with Gasteiger partial charge in [-0.1, -0.05) is 19.1 Å². The van der Waals surface area contributed by atoms with Crippen molar-refractivity contribution in [3.63, 3.8) is 0 Å². The van der Waals surface area contributed by atoms with Gasteiger partial charge < -0.3 is 15.1 Å². The molecule has 4 rings (SSSR count). The normalized spacial score (nSPS) is 24.5. The lowest BCUT2D eigenvalue weighted by Gasteiger charge is -2.29. The van der Waals surface area contributed by atoms with Gasteiger partial charge in [0.25, 0.3) is 11.5 Å². The van der Waals surface area contributed by atoms with Crippen LogP contribution in [-0.4, -0.2) is 31.6 Å². The van der Waals surface area contributed by atoms with E-state index in [4.69, 9.17) is 0 Å². The van der Waals surface area contributed by atoms with E-state index >= 15 is 0 Å². The molecule has 6 nitrogen and oxygen atoms in total. The lowest BCUT2D eigenvalue weighted by Crippen LogP contribution is -2.42. The number of carbonyl (C=O) groups excluding carboxylic acids is 1. The number of aromatic hydroxyl groups is 2. The first-order chi connectivity index (χ1) is 11.4.